The van der Waals surface area contributed by atoms with Crippen LogP contribution in [-0.4, -0.2) is 45.3 Å². The number of nitrogens with zero attached hydrogens (tertiary/aromatic N) is 3. The lowest BCUT2D eigenvalue weighted by molar-refractivity contribution is -0.134. The lowest BCUT2D eigenvalue weighted by atomic mass is 10.2. The maximum atomic E-state index is 13.4. The molecule has 3 aromatic rings. The second kappa shape index (κ2) is 11.7. The highest BCUT2D eigenvalue weighted by molar-refractivity contribution is 6.31. The Labute approximate surface area is 201 Å². The third-order valence-corrected chi connectivity index (χ3v) is 5.81. The molecule has 0 saturated carbocycles. The van der Waals surface area contributed by atoms with Crippen LogP contribution in [0.25, 0.3) is 0 Å². The van der Waals surface area contributed by atoms with E-state index in [1.807, 2.05) is 62.2 Å². The van der Waals surface area contributed by atoms with Crippen molar-refractivity contribution in [2.75, 3.05) is 13.1 Å². The van der Waals surface area contributed by atoms with E-state index in [9.17, 15) is 9.59 Å². The van der Waals surface area contributed by atoms with Crippen LogP contribution in [0.3, 0.4) is 0 Å². The van der Waals surface area contributed by atoms with E-state index in [1.165, 1.54) is 5.56 Å². The highest BCUT2D eigenvalue weighted by atomic mass is 35.5. The molecule has 0 fully saturated rings. The van der Waals surface area contributed by atoms with E-state index in [0.717, 1.165) is 18.7 Å². The molecule has 0 radical (unpaired) electrons. The van der Waals surface area contributed by atoms with Crippen molar-refractivity contribution in [3.05, 3.63) is 94.8 Å². The molecule has 1 aromatic heterocycles. The monoisotopic (exact) mass is 465 g/mol. The Kier molecular flexibility index (Phi) is 8.72. The predicted molar refractivity (Wildman–Crippen MR) is 133 cm³/mol. The minimum absolute atomic E-state index is 0.00215. The molecule has 5 nitrogen and oxygen atoms in total. The molecule has 0 spiro atoms. The van der Waals surface area contributed by atoms with Crippen molar-refractivity contribution >= 4 is 23.4 Å². The summed E-state index contributed by atoms with van der Waals surface area (Å²) in [4.78, 5) is 29.9. The van der Waals surface area contributed by atoms with Gasteiger partial charge in [-0.2, -0.15) is 0 Å². The Hall–Kier alpha value is -3.05. The summed E-state index contributed by atoms with van der Waals surface area (Å²) in [7, 11) is 0. The van der Waals surface area contributed by atoms with Crippen molar-refractivity contribution < 1.29 is 9.59 Å². The Balaban J connectivity index is 1.74. The average Bonchev–Trinajstić information content (AvgIpc) is 3.23. The van der Waals surface area contributed by atoms with Crippen molar-refractivity contribution in [1.82, 2.24) is 14.4 Å². The summed E-state index contributed by atoms with van der Waals surface area (Å²) in [6.45, 7) is 7.79. The molecule has 0 saturated heterocycles. The fraction of sp³-hybridized carbons (Fsp3) is 0.333. The van der Waals surface area contributed by atoms with Gasteiger partial charge in [0.05, 0.1) is 6.54 Å². The summed E-state index contributed by atoms with van der Waals surface area (Å²) in [5.74, 6) is -0.245. The first kappa shape index (κ1) is 24.6. The van der Waals surface area contributed by atoms with Crippen LogP contribution in [0.4, 0.5) is 0 Å². The number of hydrogen-bond donors (Lipinski definition) is 0. The van der Waals surface area contributed by atoms with E-state index in [-0.39, 0.29) is 24.4 Å². The first-order chi connectivity index (χ1) is 15.9. The summed E-state index contributed by atoms with van der Waals surface area (Å²) < 4.78 is 2.17. The smallest absolute Gasteiger partial charge is 0.254 e. The number of halogens is 1. The maximum absolute atomic E-state index is 13.4. The summed E-state index contributed by atoms with van der Waals surface area (Å²) in [6.07, 6.45) is 2.80. The SMILES string of the molecule is CCCN(CC(=O)N(Cc1cccn1Cc1ccccc1)C(C)C)C(=O)c1cccc(Cl)c1. The van der Waals surface area contributed by atoms with Gasteiger partial charge in [0, 0.05) is 41.6 Å². The van der Waals surface area contributed by atoms with E-state index in [2.05, 4.69) is 16.7 Å². The van der Waals surface area contributed by atoms with E-state index < -0.39 is 0 Å². The van der Waals surface area contributed by atoms with Gasteiger partial charge in [-0.05, 0) is 56.2 Å². The normalized spacial score (nSPS) is 10.9. The number of hydrogen-bond acceptors (Lipinski definition) is 2. The van der Waals surface area contributed by atoms with Crippen LogP contribution in [0.5, 0.6) is 0 Å². The molecular weight excluding hydrogens is 434 g/mol. The van der Waals surface area contributed by atoms with Gasteiger partial charge in [0.1, 0.15) is 6.54 Å². The minimum atomic E-state index is -0.177. The van der Waals surface area contributed by atoms with E-state index in [0.29, 0.717) is 23.7 Å². The second-order valence-electron chi connectivity index (χ2n) is 8.47. The zero-order chi connectivity index (χ0) is 23.8. The third-order valence-electron chi connectivity index (χ3n) is 5.57. The topological polar surface area (TPSA) is 45.6 Å². The molecule has 2 amide bonds. The van der Waals surface area contributed by atoms with Crippen molar-refractivity contribution in [3.63, 3.8) is 0 Å². The molecule has 0 aliphatic carbocycles. The Bertz CT molecular complexity index is 1060. The van der Waals surface area contributed by atoms with E-state index in [1.54, 1.807) is 29.2 Å². The zero-order valence-corrected chi connectivity index (χ0v) is 20.3. The average molecular weight is 466 g/mol. The van der Waals surface area contributed by atoms with Crippen LogP contribution in [0.2, 0.25) is 5.02 Å². The minimum Gasteiger partial charge on any atom is -0.345 e. The molecule has 6 heteroatoms. The van der Waals surface area contributed by atoms with Gasteiger partial charge in [0.15, 0.2) is 0 Å². The van der Waals surface area contributed by atoms with Gasteiger partial charge in [-0.3, -0.25) is 9.59 Å². The van der Waals surface area contributed by atoms with Gasteiger partial charge < -0.3 is 14.4 Å². The zero-order valence-electron chi connectivity index (χ0n) is 19.6. The molecule has 3 rings (SSSR count). The van der Waals surface area contributed by atoms with Crippen molar-refractivity contribution in [3.8, 4) is 0 Å². The van der Waals surface area contributed by atoms with Crippen LogP contribution in [-0.2, 0) is 17.9 Å². The molecule has 0 N–H and O–H groups in total. The lowest BCUT2D eigenvalue weighted by Crippen LogP contribution is -2.45. The van der Waals surface area contributed by atoms with E-state index in [4.69, 9.17) is 11.6 Å². The number of amides is 2. The van der Waals surface area contributed by atoms with Crippen LogP contribution in [0, 0.1) is 0 Å². The fourth-order valence-corrected chi connectivity index (χ4v) is 4.03. The molecule has 0 bridgehead atoms. The van der Waals surface area contributed by atoms with Gasteiger partial charge in [-0.1, -0.05) is 54.9 Å². The number of aromatic nitrogens is 1. The van der Waals surface area contributed by atoms with Crippen molar-refractivity contribution in [1.29, 1.82) is 0 Å². The maximum Gasteiger partial charge on any atom is 0.254 e. The van der Waals surface area contributed by atoms with Crippen LogP contribution in [0.15, 0.2) is 72.9 Å². The molecule has 0 aliphatic heterocycles. The molecule has 2 aromatic carbocycles. The number of carbonyl (C=O) groups is 2. The highest BCUT2D eigenvalue weighted by Gasteiger charge is 2.24. The standard InChI is InChI=1S/C27H32ClN3O2/c1-4-15-30(27(33)23-12-8-13-24(28)17-23)20-26(32)31(21(2)3)19-25-14-9-16-29(25)18-22-10-6-5-7-11-22/h5-14,16-17,21H,4,15,18-20H2,1-3H3. The summed E-state index contributed by atoms with van der Waals surface area (Å²) in [5, 5.41) is 0.506. The highest BCUT2D eigenvalue weighted by Crippen LogP contribution is 2.16. The number of benzene rings is 2. The van der Waals surface area contributed by atoms with Crippen molar-refractivity contribution in [2.45, 2.75) is 46.3 Å². The largest absolute Gasteiger partial charge is 0.345 e. The summed E-state index contributed by atoms with van der Waals surface area (Å²) in [6, 6.07) is 21.2. The van der Waals surface area contributed by atoms with Crippen molar-refractivity contribution in [2.24, 2.45) is 0 Å². The number of rotatable bonds is 10. The number of carbonyl (C=O) groups excluding carboxylic acids is 2. The Morgan fingerprint density at radius 1 is 1.00 bits per heavy atom. The summed E-state index contributed by atoms with van der Waals surface area (Å²) in [5.41, 5.74) is 2.76. The van der Waals surface area contributed by atoms with Gasteiger partial charge in [-0.15, -0.1) is 0 Å². The van der Waals surface area contributed by atoms with E-state index >= 15 is 0 Å². The van der Waals surface area contributed by atoms with Gasteiger partial charge in [0.2, 0.25) is 5.91 Å². The second-order valence-corrected chi connectivity index (χ2v) is 8.90. The third kappa shape index (κ3) is 6.72. The van der Waals surface area contributed by atoms with Gasteiger partial charge >= 0.3 is 0 Å². The molecule has 0 unspecified atom stereocenters. The fourth-order valence-electron chi connectivity index (χ4n) is 3.84. The molecule has 0 aliphatic rings. The first-order valence-electron chi connectivity index (χ1n) is 11.4. The van der Waals surface area contributed by atoms with Crippen LogP contribution < -0.4 is 0 Å². The first-order valence-corrected chi connectivity index (χ1v) is 11.8. The molecule has 33 heavy (non-hydrogen) atoms. The van der Waals surface area contributed by atoms with Gasteiger partial charge in [0.25, 0.3) is 5.91 Å². The molecule has 174 valence electrons. The Morgan fingerprint density at radius 3 is 2.42 bits per heavy atom. The summed E-state index contributed by atoms with van der Waals surface area (Å²) >= 11 is 6.07. The molecule has 1 heterocycles. The predicted octanol–water partition coefficient (Wildman–Crippen LogP) is 5.48. The molecule has 0 atom stereocenters. The van der Waals surface area contributed by atoms with Gasteiger partial charge in [-0.25, -0.2) is 0 Å². The molecular formula is C27H32ClN3O2. The Morgan fingerprint density at radius 2 is 1.76 bits per heavy atom. The quantitative estimate of drug-likeness (QED) is 0.398. The lowest BCUT2D eigenvalue weighted by Gasteiger charge is -2.30. The van der Waals surface area contributed by atoms with Crippen LogP contribution in [0.1, 0.15) is 48.8 Å². The van der Waals surface area contributed by atoms with Crippen LogP contribution >= 0.6 is 11.6 Å².